The number of aromatic nitrogens is 2. The van der Waals surface area contributed by atoms with Crippen LogP contribution in [0.3, 0.4) is 0 Å². The van der Waals surface area contributed by atoms with Crippen LogP contribution in [-0.2, 0) is 30.4 Å². The average molecular weight is 466 g/mol. The van der Waals surface area contributed by atoms with Crippen LogP contribution in [0.1, 0.15) is 38.8 Å². The van der Waals surface area contributed by atoms with Crippen LogP contribution in [0.2, 0.25) is 0 Å². The number of carboxylic acid groups (broad SMARTS) is 2. The Balaban J connectivity index is 2.17. The van der Waals surface area contributed by atoms with Crippen molar-refractivity contribution in [3.8, 4) is 0 Å². The van der Waals surface area contributed by atoms with Crippen molar-refractivity contribution in [1.29, 1.82) is 0 Å². The second kappa shape index (κ2) is 11.9. The summed E-state index contributed by atoms with van der Waals surface area (Å²) in [5.41, 5.74) is 0.487. The maximum atomic E-state index is 12.9. The predicted octanol–water partition coefficient (Wildman–Crippen LogP) is -1.63. The Hall–Kier alpha value is -3.48. The van der Waals surface area contributed by atoms with Crippen molar-refractivity contribution >= 4 is 29.7 Å². The Morgan fingerprint density at radius 3 is 2.30 bits per heavy atom. The van der Waals surface area contributed by atoms with E-state index in [1.165, 1.54) is 12.5 Å². The van der Waals surface area contributed by atoms with Crippen molar-refractivity contribution in [3.63, 3.8) is 0 Å². The van der Waals surface area contributed by atoms with Gasteiger partial charge in [0.25, 0.3) is 0 Å². The van der Waals surface area contributed by atoms with Crippen LogP contribution in [0.25, 0.3) is 0 Å². The van der Waals surface area contributed by atoms with Gasteiger partial charge in [0.15, 0.2) is 0 Å². The molecule has 13 heteroatoms. The first-order valence-corrected chi connectivity index (χ1v) is 10.6. The summed E-state index contributed by atoms with van der Waals surface area (Å²) in [4.78, 5) is 67.6. The third-order valence-electron chi connectivity index (χ3n) is 5.23. The van der Waals surface area contributed by atoms with E-state index < -0.39 is 66.2 Å². The number of nitrogens with one attached hydrogen (secondary N) is 5. The topological polar surface area (TPSA) is 203 Å². The van der Waals surface area contributed by atoms with Gasteiger partial charge in [-0.1, -0.05) is 13.8 Å². The molecule has 1 saturated heterocycles. The Bertz CT molecular complexity index is 851. The van der Waals surface area contributed by atoms with Gasteiger partial charge >= 0.3 is 11.9 Å². The van der Waals surface area contributed by atoms with E-state index in [1.54, 1.807) is 13.8 Å². The van der Waals surface area contributed by atoms with Crippen molar-refractivity contribution in [1.82, 2.24) is 31.2 Å². The van der Waals surface area contributed by atoms with Gasteiger partial charge in [-0.15, -0.1) is 0 Å². The molecular weight excluding hydrogens is 436 g/mol. The standard InChI is InChI=1S/C20H30N6O7/c1-10(2)16(20(32)33)26-19(31)13(6-11-8-21-9-23-11)24-18(30)14(7-15(27)28)25-17(29)12-4-3-5-22-12/h8-10,12-14,16,22H,3-7H2,1-2H3,(H,21,23)(H,24,30)(H,25,29)(H,26,31)(H,27,28)(H,32,33). The molecule has 13 nitrogen and oxygen atoms in total. The van der Waals surface area contributed by atoms with Crippen LogP contribution in [0.15, 0.2) is 12.5 Å². The summed E-state index contributed by atoms with van der Waals surface area (Å²) in [7, 11) is 0. The minimum atomic E-state index is -1.42. The molecule has 33 heavy (non-hydrogen) atoms. The Kier molecular flexibility index (Phi) is 9.33. The monoisotopic (exact) mass is 466 g/mol. The molecule has 4 atom stereocenters. The van der Waals surface area contributed by atoms with Crippen LogP contribution < -0.4 is 21.3 Å². The van der Waals surface area contributed by atoms with Gasteiger partial charge in [0.1, 0.15) is 18.1 Å². The van der Waals surface area contributed by atoms with Gasteiger partial charge in [-0.25, -0.2) is 9.78 Å². The van der Waals surface area contributed by atoms with E-state index in [-0.39, 0.29) is 6.42 Å². The molecule has 2 heterocycles. The largest absolute Gasteiger partial charge is 0.481 e. The van der Waals surface area contributed by atoms with E-state index in [0.29, 0.717) is 18.7 Å². The average Bonchev–Trinajstić information content (AvgIpc) is 3.44. The molecule has 4 unspecified atom stereocenters. The van der Waals surface area contributed by atoms with Crippen molar-refractivity contribution in [3.05, 3.63) is 18.2 Å². The lowest BCUT2D eigenvalue weighted by molar-refractivity contribution is -0.144. The molecule has 3 amide bonds. The van der Waals surface area contributed by atoms with Crippen molar-refractivity contribution in [2.75, 3.05) is 6.54 Å². The highest BCUT2D eigenvalue weighted by Gasteiger charge is 2.33. The minimum Gasteiger partial charge on any atom is -0.481 e. The lowest BCUT2D eigenvalue weighted by Crippen LogP contribution is -2.58. The highest BCUT2D eigenvalue weighted by molar-refractivity contribution is 5.95. The molecule has 1 aromatic rings. The van der Waals surface area contributed by atoms with Gasteiger partial charge in [0.05, 0.1) is 18.8 Å². The number of nitrogens with zero attached hydrogens (tertiary/aromatic N) is 1. The molecule has 0 radical (unpaired) electrons. The zero-order chi connectivity index (χ0) is 24.5. The van der Waals surface area contributed by atoms with E-state index >= 15 is 0 Å². The molecule has 0 spiro atoms. The molecule has 7 N–H and O–H groups in total. The van der Waals surface area contributed by atoms with Gasteiger partial charge in [-0.3, -0.25) is 19.2 Å². The number of carboxylic acids is 2. The third kappa shape index (κ3) is 7.86. The summed E-state index contributed by atoms with van der Waals surface area (Å²) >= 11 is 0. The molecule has 0 saturated carbocycles. The fourth-order valence-corrected chi connectivity index (χ4v) is 3.43. The number of rotatable bonds is 12. The molecule has 1 fully saturated rings. The number of imidazole rings is 1. The summed E-state index contributed by atoms with van der Waals surface area (Å²) in [5, 5.41) is 28.8. The lowest BCUT2D eigenvalue weighted by atomic mass is 10.0. The molecule has 1 aliphatic rings. The highest BCUT2D eigenvalue weighted by atomic mass is 16.4. The molecular formula is C20H30N6O7. The number of aliphatic carboxylic acids is 2. The quantitative estimate of drug-likeness (QED) is 0.189. The van der Waals surface area contributed by atoms with Crippen LogP contribution >= 0.6 is 0 Å². The van der Waals surface area contributed by atoms with Gasteiger partial charge in [-0.05, 0) is 25.3 Å². The number of carbonyl (C=O) groups excluding carboxylic acids is 3. The highest BCUT2D eigenvalue weighted by Crippen LogP contribution is 2.08. The summed E-state index contributed by atoms with van der Waals surface area (Å²) in [6.07, 6.45) is 3.41. The summed E-state index contributed by atoms with van der Waals surface area (Å²) in [6.45, 7) is 3.88. The number of H-pyrrole nitrogens is 1. The number of hydrogen-bond donors (Lipinski definition) is 7. The van der Waals surface area contributed by atoms with E-state index in [9.17, 15) is 34.2 Å². The third-order valence-corrected chi connectivity index (χ3v) is 5.23. The summed E-state index contributed by atoms with van der Waals surface area (Å²) in [5.74, 6) is -5.11. The molecule has 182 valence electrons. The summed E-state index contributed by atoms with van der Waals surface area (Å²) in [6, 6.07) is -4.38. The van der Waals surface area contributed by atoms with Crippen molar-refractivity contribution in [2.45, 2.75) is 63.7 Å². The molecule has 0 aliphatic carbocycles. The number of carbonyl (C=O) groups is 5. The second-order valence-corrected chi connectivity index (χ2v) is 8.22. The maximum Gasteiger partial charge on any atom is 0.326 e. The maximum absolute atomic E-state index is 12.9. The fourth-order valence-electron chi connectivity index (χ4n) is 3.43. The molecule has 0 bridgehead atoms. The normalized spacial score (nSPS) is 18.2. The Labute approximate surface area is 190 Å². The summed E-state index contributed by atoms with van der Waals surface area (Å²) < 4.78 is 0. The van der Waals surface area contributed by atoms with Crippen molar-refractivity contribution in [2.24, 2.45) is 5.92 Å². The molecule has 1 aromatic heterocycles. The predicted molar refractivity (Wildman–Crippen MR) is 114 cm³/mol. The van der Waals surface area contributed by atoms with Crippen molar-refractivity contribution < 1.29 is 34.2 Å². The van der Waals surface area contributed by atoms with Crippen LogP contribution in [0.5, 0.6) is 0 Å². The zero-order valence-electron chi connectivity index (χ0n) is 18.5. The fraction of sp³-hybridized carbons (Fsp3) is 0.600. The van der Waals surface area contributed by atoms with E-state index in [0.717, 1.165) is 6.42 Å². The first kappa shape index (κ1) is 25.8. The second-order valence-electron chi connectivity index (χ2n) is 8.22. The number of hydrogen-bond acceptors (Lipinski definition) is 7. The van der Waals surface area contributed by atoms with E-state index in [1.807, 2.05) is 0 Å². The Morgan fingerprint density at radius 1 is 1.09 bits per heavy atom. The van der Waals surface area contributed by atoms with Crippen LogP contribution in [0, 0.1) is 5.92 Å². The Morgan fingerprint density at radius 2 is 1.79 bits per heavy atom. The molecule has 1 aliphatic heterocycles. The van der Waals surface area contributed by atoms with E-state index in [4.69, 9.17) is 0 Å². The van der Waals surface area contributed by atoms with Crippen LogP contribution in [0.4, 0.5) is 0 Å². The van der Waals surface area contributed by atoms with Gasteiger partial charge in [-0.2, -0.15) is 0 Å². The van der Waals surface area contributed by atoms with Gasteiger partial charge in [0, 0.05) is 18.3 Å². The van der Waals surface area contributed by atoms with Gasteiger partial charge in [0.2, 0.25) is 17.7 Å². The first-order valence-electron chi connectivity index (χ1n) is 10.6. The zero-order valence-corrected chi connectivity index (χ0v) is 18.5. The minimum absolute atomic E-state index is 0.0556. The number of aromatic amines is 1. The molecule has 2 rings (SSSR count). The smallest absolute Gasteiger partial charge is 0.326 e. The first-order chi connectivity index (χ1) is 15.6. The lowest BCUT2D eigenvalue weighted by Gasteiger charge is -2.25. The number of amides is 3. The van der Waals surface area contributed by atoms with Crippen LogP contribution in [-0.4, -0.2) is 80.6 Å². The van der Waals surface area contributed by atoms with E-state index in [2.05, 4.69) is 31.2 Å². The SMILES string of the molecule is CC(C)C(NC(=O)C(Cc1cnc[nH]1)NC(=O)C(CC(=O)O)NC(=O)C1CCCN1)C(=O)O. The molecule has 0 aromatic carbocycles. The van der Waals surface area contributed by atoms with Gasteiger partial charge < -0.3 is 36.5 Å².